The van der Waals surface area contributed by atoms with Gasteiger partial charge in [0, 0.05) is 29.5 Å². The summed E-state index contributed by atoms with van der Waals surface area (Å²) in [6, 6.07) is 12.7. The highest BCUT2D eigenvalue weighted by Gasteiger charge is 2.36. The van der Waals surface area contributed by atoms with E-state index in [9.17, 15) is 13.2 Å². The Bertz CT molecular complexity index is 1380. The van der Waals surface area contributed by atoms with Crippen molar-refractivity contribution in [3.63, 3.8) is 0 Å². The van der Waals surface area contributed by atoms with E-state index in [4.69, 9.17) is 26.8 Å². The molecule has 1 atom stereocenters. The van der Waals surface area contributed by atoms with Gasteiger partial charge in [0.25, 0.3) is 5.91 Å². The minimum Gasteiger partial charge on any atom is -0.491 e. The highest BCUT2D eigenvalue weighted by Crippen LogP contribution is 2.37. The van der Waals surface area contributed by atoms with Crippen molar-refractivity contribution in [1.29, 1.82) is 0 Å². The number of rotatable bonds is 8. The number of halogens is 1. The molecule has 2 aromatic carbocycles. The molecule has 0 saturated carbocycles. The van der Waals surface area contributed by atoms with Crippen molar-refractivity contribution < 1.29 is 22.7 Å². The van der Waals surface area contributed by atoms with E-state index in [1.165, 1.54) is 4.31 Å². The highest BCUT2D eigenvalue weighted by atomic mass is 35.5. The van der Waals surface area contributed by atoms with Gasteiger partial charge < -0.3 is 30.8 Å². The van der Waals surface area contributed by atoms with Crippen LogP contribution in [0, 0.1) is 0 Å². The van der Waals surface area contributed by atoms with Crippen molar-refractivity contribution in [2.75, 3.05) is 44.7 Å². The number of carbonyl (C=O) groups excluding carboxylic acids is 1. The number of amides is 1. The SMILES string of the molecule is NC(=O)c1[nH]c2c(NC3CCNCC3)cc(Cl)cc2c1S(=O)(=O)N1CCOC(COc2ccccc2)C1. The number of primary amides is 1. The molecule has 2 saturated heterocycles. The average molecular weight is 548 g/mol. The number of sulfonamides is 1. The van der Waals surface area contributed by atoms with E-state index in [1.807, 2.05) is 30.3 Å². The fourth-order valence-electron chi connectivity index (χ4n) is 4.82. The molecule has 0 bridgehead atoms. The maximum Gasteiger partial charge on any atom is 0.266 e. The number of para-hydroxylation sites is 1. The summed E-state index contributed by atoms with van der Waals surface area (Å²) >= 11 is 6.43. The lowest BCUT2D eigenvalue weighted by Crippen LogP contribution is -2.47. The van der Waals surface area contributed by atoms with Crippen LogP contribution >= 0.6 is 11.6 Å². The van der Waals surface area contributed by atoms with Gasteiger partial charge in [-0.15, -0.1) is 0 Å². The largest absolute Gasteiger partial charge is 0.491 e. The summed E-state index contributed by atoms with van der Waals surface area (Å²) in [5.41, 5.74) is 6.60. The number of nitrogens with zero attached hydrogens (tertiary/aromatic N) is 1. The Morgan fingerprint density at radius 2 is 1.97 bits per heavy atom. The van der Waals surface area contributed by atoms with Gasteiger partial charge in [-0.25, -0.2) is 8.42 Å². The molecule has 5 rings (SSSR count). The second-order valence-electron chi connectivity index (χ2n) is 9.22. The summed E-state index contributed by atoms with van der Waals surface area (Å²) in [7, 11) is -4.13. The number of anilines is 1. The molecule has 0 spiro atoms. The van der Waals surface area contributed by atoms with Crippen LogP contribution in [0.4, 0.5) is 5.69 Å². The lowest BCUT2D eigenvalue weighted by Gasteiger charge is -2.32. The Hall–Kier alpha value is -2.83. The fraction of sp³-hybridized carbons (Fsp3) is 0.400. The van der Waals surface area contributed by atoms with Crippen LogP contribution in [-0.2, 0) is 14.8 Å². The van der Waals surface area contributed by atoms with Gasteiger partial charge in [0.1, 0.15) is 29.0 Å². The number of aromatic nitrogens is 1. The van der Waals surface area contributed by atoms with E-state index in [1.54, 1.807) is 12.1 Å². The predicted molar refractivity (Wildman–Crippen MR) is 142 cm³/mol. The molecule has 2 aliphatic rings. The van der Waals surface area contributed by atoms with Gasteiger partial charge in [0.15, 0.2) is 0 Å². The first-order valence-electron chi connectivity index (χ1n) is 12.2. The Kier molecular flexibility index (Phi) is 7.59. The number of fused-ring (bicyclic) bond motifs is 1. The lowest BCUT2D eigenvalue weighted by molar-refractivity contribution is -0.0249. The zero-order valence-electron chi connectivity index (χ0n) is 20.2. The predicted octanol–water partition coefficient (Wildman–Crippen LogP) is 2.55. The molecule has 5 N–H and O–H groups in total. The molecule has 3 heterocycles. The third kappa shape index (κ3) is 5.55. The van der Waals surface area contributed by atoms with Crippen LogP contribution in [0.3, 0.4) is 0 Å². The first-order valence-corrected chi connectivity index (χ1v) is 14.1. The van der Waals surface area contributed by atoms with Crippen molar-refractivity contribution in [2.24, 2.45) is 5.73 Å². The Balaban J connectivity index is 1.46. The molecule has 10 nitrogen and oxygen atoms in total. The lowest BCUT2D eigenvalue weighted by atomic mass is 10.1. The number of H-pyrrole nitrogens is 1. The smallest absolute Gasteiger partial charge is 0.266 e. The molecule has 0 aliphatic carbocycles. The second kappa shape index (κ2) is 10.9. The third-order valence-corrected chi connectivity index (χ3v) is 8.82. The third-order valence-electron chi connectivity index (χ3n) is 6.65. The average Bonchev–Trinajstić information content (AvgIpc) is 3.30. The topological polar surface area (TPSA) is 139 Å². The summed E-state index contributed by atoms with van der Waals surface area (Å²) in [4.78, 5) is 15.2. The van der Waals surface area contributed by atoms with Gasteiger partial charge in [-0.1, -0.05) is 29.8 Å². The van der Waals surface area contributed by atoms with Crippen LogP contribution in [0.1, 0.15) is 23.3 Å². The van der Waals surface area contributed by atoms with Gasteiger partial charge in [0.05, 0.1) is 17.8 Å². The van der Waals surface area contributed by atoms with E-state index in [-0.39, 0.29) is 42.9 Å². The summed E-state index contributed by atoms with van der Waals surface area (Å²) in [5.74, 6) is -0.196. The number of ether oxygens (including phenoxy) is 2. The first kappa shape index (κ1) is 25.8. The number of nitrogens with two attached hydrogens (primary N) is 1. The number of hydrogen-bond acceptors (Lipinski definition) is 7. The number of carbonyl (C=O) groups is 1. The monoisotopic (exact) mass is 547 g/mol. The molecule has 2 fully saturated rings. The van der Waals surface area contributed by atoms with Gasteiger partial charge in [0.2, 0.25) is 10.0 Å². The summed E-state index contributed by atoms with van der Waals surface area (Å²) in [5, 5.41) is 7.45. The maximum atomic E-state index is 14.0. The van der Waals surface area contributed by atoms with E-state index in [0.29, 0.717) is 27.4 Å². The number of hydrogen-bond donors (Lipinski definition) is 4. The number of aromatic amines is 1. The Labute approximate surface area is 220 Å². The van der Waals surface area contributed by atoms with Gasteiger partial charge in [-0.05, 0) is 50.2 Å². The molecule has 1 unspecified atom stereocenters. The number of benzene rings is 2. The first-order chi connectivity index (χ1) is 17.8. The van der Waals surface area contributed by atoms with Crippen LogP contribution in [0.5, 0.6) is 5.75 Å². The van der Waals surface area contributed by atoms with Crippen LogP contribution in [-0.4, -0.2) is 75.2 Å². The molecule has 1 aromatic heterocycles. The quantitative estimate of drug-likeness (QED) is 0.340. The van der Waals surface area contributed by atoms with Gasteiger partial charge >= 0.3 is 0 Å². The van der Waals surface area contributed by atoms with Crippen LogP contribution in [0.25, 0.3) is 10.9 Å². The van der Waals surface area contributed by atoms with E-state index < -0.39 is 22.0 Å². The number of morpholine rings is 1. The maximum absolute atomic E-state index is 14.0. The summed E-state index contributed by atoms with van der Waals surface area (Å²) in [6.07, 6.45) is 1.33. The van der Waals surface area contributed by atoms with Crippen LogP contribution in [0.2, 0.25) is 5.02 Å². The minimum absolute atomic E-state index is 0.0702. The van der Waals surface area contributed by atoms with Crippen molar-refractivity contribution in [3.8, 4) is 5.75 Å². The molecular weight excluding hydrogens is 518 g/mol. The summed E-state index contributed by atoms with van der Waals surface area (Å²) < 4.78 is 40.8. The van der Waals surface area contributed by atoms with Crippen LogP contribution < -0.4 is 21.1 Å². The molecule has 0 radical (unpaired) electrons. The Morgan fingerprint density at radius 1 is 1.22 bits per heavy atom. The van der Waals surface area contributed by atoms with Crippen molar-refractivity contribution in [3.05, 3.63) is 53.2 Å². The number of piperidine rings is 1. The normalized spacial score (nSPS) is 19.6. The Morgan fingerprint density at radius 3 is 2.70 bits per heavy atom. The zero-order valence-corrected chi connectivity index (χ0v) is 21.8. The van der Waals surface area contributed by atoms with Crippen molar-refractivity contribution in [1.82, 2.24) is 14.6 Å². The molecule has 2 aliphatic heterocycles. The summed E-state index contributed by atoms with van der Waals surface area (Å²) in [6.45, 7) is 2.34. The number of nitrogens with one attached hydrogen (secondary N) is 3. The van der Waals surface area contributed by atoms with E-state index in [0.717, 1.165) is 25.9 Å². The minimum atomic E-state index is -4.13. The molecule has 37 heavy (non-hydrogen) atoms. The molecule has 12 heteroatoms. The molecular formula is C25H30ClN5O5S. The molecule has 198 valence electrons. The van der Waals surface area contributed by atoms with E-state index >= 15 is 0 Å². The van der Waals surface area contributed by atoms with Crippen molar-refractivity contribution >= 4 is 44.1 Å². The van der Waals surface area contributed by atoms with Crippen LogP contribution in [0.15, 0.2) is 47.4 Å². The zero-order chi connectivity index (χ0) is 26.0. The van der Waals surface area contributed by atoms with Crippen molar-refractivity contribution in [2.45, 2.75) is 29.9 Å². The highest BCUT2D eigenvalue weighted by molar-refractivity contribution is 7.89. The molecule has 1 amide bonds. The standard InChI is InChI=1S/C25H30ClN5O5S/c26-16-12-20-22(21(13-16)29-17-6-8-28-9-7-17)30-23(25(27)32)24(20)37(33,34)31-10-11-35-19(14-31)15-36-18-4-2-1-3-5-18/h1-5,12-13,17,19,28-30H,6-11,14-15H2,(H2,27,32). The van der Waals surface area contributed by atoms with E-state index in [2.05, 4.69) is 15.6 Å². The molecule has 3 aromatic rings. The van der Waals surface area contributed by atoms with Gasteiger partial charge in [-0.3, -0.25) is 4.79 Å². The fourth-order valence-corrected chi connectivity index (χ4v) is 6.83. The second-order valence-corrected chi connectivity index (χ2v) is 11.5. The van der Waals surface area contributed by atoms with Gasteiger partial charge in [-0.2, -0.15) is 4.31 Å².